The second kappa shape index (κ2) is 7.91. The average Bonchev–Trinajstić information content (AvgIpc) is 3.22. The van der Waals surface area contributed by atoms with Crippen molar-refractivity contribution in [2.75, 3.05) is 23.3 Å². The quantitative estimate of drug-likeness (QED) is 0.623. The fourth-order valence-corrected chi connectivity index (χ4v) is 4.80. The number of alkyl halides is 3. The summed E-state index contributed by atoms with van der Waals surface area (Å²) in [6.45, 7) is 4.90. The van der Waals surface area contributed by atoms with E-state index in [9.17, 15) is 18.0 Å². The van der Waals surface area contributed by atoms with E-state index in [2.05, 4.69) is 25.3 Å². The number of anilines is 2. The van der Waals surface area contributed by atoms with Crippen LogP contribution in [0.3, 0.4) is 0 Å². The van der Waals surface area contributed by atoms with Crippen molar-refractivity contribution in [2.45, 2.75) is 26.4 Å². The number of hydrogen-bond acceptors (Lipinski definition) is 8. The lowest BCUT2D eigenvalue weighted by atomic mass is 9.96. The van der Waals surface area contributed by atoms with E-state index in [-0.39, 0.29) is 17.8 Å². The number of aromatic nitrogens is 4. The van der Waals surface area contributed by atoms with Crippen molar-refractivity contribution in [3.8, 4) is 10.6 Å². The topological polar surface area (TPSA) is 83.9 Å². The van der Waals surface area contributed by atoms with Gasteiger partial charge in [0.2, 0.25) is 11.9 Å². The molecule has 3 aromatic rings. The SMILES string of the molecule is Cc1nc(C)c(-c2csc(NC(=O)CC3CN(c4ncc(C(F)(F)F)cn4)C3)n2)s1. The molecule has 0 spiro atoms. The van der Waals surface area contributed by atoms with Gasteiger partial charge in [0.1, 0.15) is 0 Å². The highest BCUT2D eigenvalue weighted by molar-refractivity contribution is 7.16. The van der Waals surface area contributed by atoms with E-state index in [1.807, 2.05) is 19.2 Å². The molecule has 0 bridgehead atoms. The van der Waals surface area contributed by atoms with E-state index in [1.165, 1.54) is 11.3 Å². The van der Waals surface area contributed by atoms with Crippen LogP contribution in [0.4, 0.5) is 24.3 Å². The summed E-state index contributed by atoms with van der Waals surface area (Å²) in [5, 5.41) is 6.20. The lowest BCUT2D eigenvalue weighted by Gasteiger charge is -2.38. The Kier molecular flexibility index (Phi) is 5.45. The van der Waals surface area contributed by atoms with Gasteiger partial charge in [-0.2, -0.15) is 13.2 Å². The third-order valence-corrected chi connectivity index (χ3v) is 6.42. The number of nitrogens with zero attached hydrogens (tertiary/aromatic N) is 5. The van der Waals surface area contributed by atoms with Crippen LogP contribution in [0, 0.1) is 19.8 Å². The van der Waals surface area contributed by atoms with E-state index in [0.29, 0.717) is 24.6 Å². The molecule has 1 fully saturated rings. The third kappa shape index (κ3) is 4.43. The van der Waals surface area contributed by atoms with Crippen molar-refractivity contribution in [1.82, 2.24) is 19.9 Å². The minimum Gasteiger partial charge on any atom is -0.340 e. The zero-order chi connectivity index (χ0) is 21.5. The van der Waals surface area contributed by atoms with E-state index in [1.54, 1.807) is 16.2 Å². The van der Waals surface area contributed by atoms with Crippen LogP contribution in [-0.2, 0) is 11.0 Å². The van der Waals surface area contributed by atoms with Crippen molar-refractivity contribution < 1.29 is 18.0 Å². The van der Waals surface area contributed by atoms with Crippen molar-refractivity contribution in [1.29, 1.82) is 0 Å². The molecule has 1 amide bonds. The summed E-state index contributed by atoms with van der Waals surface area (Å²) in [5.74, 6) is 0.173. The number of carbonyl (C=O) groups is 1. The van der Waals surface area contributed by atoms with Gasteiger partial charge >= 0.3 is 6.18 Å². The lowest BCUT2D eigenvalue weighted by molar-refractivity contribution is -0.138. The maximum atomic E-state index is 12.6. The van der Waals surface area contributed by atoms with Crippen molar-refractivity contribution in [3.05, 3.63) is 34.0 Å². The first-order chi connectivity index (χ1) is 14.2. The molecule has 4 rings (SSSR count). The van der Waals surface area contributed by atoms with Gasteiger partial charge in [-0.25, -0.2) is 19.9 Å². The van der Waals surface area contributed by atoms with Crippen LogP contribution in [0.15, 0.2) is 17.8 Å². The van der Waals surface area contributed by atoms with E-state index in [0.717, 1.165) is 33.7 Å². The van der Waals surface area contributed by atoms with Gasteiger partial charge in [0.15, 0.2) is 5.13 Å². The number of hydrogen-bond donors (Lipinski definition) is 1. The van der Waals surface area contributed by atoms with Gasteiger partial charge in [-0.1, -0.05) is 0 Å². The molecule has 0 unspecified atom stereocenters. The molecule has 0 saturated carbocycles. The summed E-state index contributed by atoms with van der Waals surface area (Å²) in [6.07, 6.45) is -2.62. The Labute approximate surface area is 178 Å². The molecular formula is C18H17F3N6OS2. The predicted octanol–water partition coefficient (Wildman–Crippen LogP) is 4.16. The number of thiazole rings is 2. The smallest absolute Gasteiger partial charge is 0.340 e. The normalized spacial score (nSPS) is 14.6. The zero-order valence-corrected chi connectivity index (χ0v) is 17.7. The Balaban J connectivity index is 1.28. The fraction of sp³-hybridized carbons (Fsp3) is 0.389. The second-order valence-electron chi connectivity index (χ2n) is 6.98. The first kappa shape index (κ1) is 20.7. The highest BCUT2D eigenvalue weighted by Crippen LogP contribution is 2.33. The summed E-state index contributed by atoms with van der Waals surface area (Å²) in [6, 6.07) is 0. The molecule has 0 aromatic carbocycles. The minimum atomic E-state index is -4.46. The van der Waals surface area contributed by atoms with Crippen LogP contribution >= 0.6 is 22.7 Å². The summed E-state index contributed by atoms with van der Waals surface area (Å²) < 4.78 is 37.7. The molecule has 0 atom stereocenters. The van der Waals surface area contributed by atoms with Crippen LogP contribution in [0.25, 0.3) is 10.6 Å². The van der Waals surface area contributed by atoms with Gasteiger partial charge in [0, 0.05) is 43.2 Å². The summed E-state index contributed by atoms with van der Waals surface area (Å²) in [5.41, 5.74) is 0.836. The number of halogens is 3. The maximum Gasteiger partial charge on any atom is 0.419 e. The van der Waals surface area contributed by atoms with Crippen molar-refractivity contribution in [2.24, 2.45) is 5.92 Å². The van der Waals surface area contributed by atoms with Gasteiger partial charge < -0.3 is 10.2 Å². The molecule has 0 radical (unpaired) electrons. The molecule has 1 aliphatic rings. The molecule has 7 nitrogen and oxygen atoms in total. The van der Waals surface area contributed by atoms with E-state index in [4.69, 9.17) is 0 Å². The summed E-state index contributed by atoms with van der Waals surface area (Å²) >= 11 is 2.92. The van der Waals surface area contributed by atoms with Gasteiger partial charge in [-0.05, 0) is 13.8 Å². The summed E-state index contributed by atoms with van der Waals surface area (Å²) in [4.78, 5) is 31.4. The molecule has 0 aliphatic carbocycles. The Bertz CT molecular complexity index is 1060. The minimum absolute atomic E-state index is 0.0849. The molecule has 1 aliphatic heterocycles. The molecule has 1 saturated heterocycles. The van der Waals surface area contributed by atoms with E-state index >= 15 is 0 Å². The fourth-order valence-electron chi connectivity index (χ4n) is 3.13. The second-order valence-corrected chi connectivity index (χ2v) is 9.04. The Morgan fingerprint density at radius 1 is 1.23 bits per heavy atom. The Morgan fingerprint density at radius 3 is 2.53 bits per heavy atom. The zero-order valence-electron chi connectivity index (χ0n) is 16.0. The molecule has 12 heteroatoms. The molecule has 158 valence electrons. The first-order valence-electron chi connectivity index (χ1n) is 9.03. The van der Waals surface area contributed by atoms with E-state index < -0.39 is 11.7 Å². The predicted molar refractivity (Wildman–Crippen MR) is 109 cm³/mol. The standard InChI is InChI=1S/C18H17F3N6OS2/c1-9-15(30-10(2)24-9)13-8-29-17(25-13)26-14(28)3-11-6-27(7-11)16-22-4-12(5-23-16)18(19,20)21/h4-5,8,11H,3,6-7H2,1-2H3,(H,25,26,28). The monoisotopic (exact) mass is 454 g/mol. The molecule has 3 aromatic heterocycles. The van der Waals surface area contributed by atoms with Crippen LogP contribution in [-0.4, -0.2) is 38.9 Å². The lowest BCUT2D eigenvalue weighted by Crippen LogP contribution is -2.48. The van der Waals surface area contributed by atoms with Gasteiger partial charge in [-0.15, -0.1) is 22.7 Å². The summed E-state index contributed by atoms with van der Waals surface area (Å²) in [7, 11) is 0. The number of rotatable bonds is 5. The highest BCUT2D eigenvalue weighted by Gasteiger charge is 2.34. The van der Waals surface area contributed by atoms with Crippen LogP contribution in [0.5, 0.6) is 0 Å². The largest absolute Gasteiger partial charge is 0.419 e. The molecular weight excluding hydrogens is 437 g/mol. The number of nitrogens with one attached hydrogen (secondary N) is 1. The van der Waals surface area contributed by atoms with Crippen LogP contribution < -0.4 is 10.2 Å². The number of amides is 1. The van der Waals surface area contributed by atoms with Crippen LogP contribution in [0.2, 0.25) is 0 Å². The first-order valence-corrected chi connectivity index (χ1v) is 10.7. The molecule has 1 N–H and O–H groups in total. The molecule has 4 heterocycles. The maximum absolute atomic E-state index is 12.6. The van der Waals surface area contributed by atoms with Crippen molar-refractivity contribution >= 4 is 39.7 Å². The Morgan fingerprint density at radius 2 is 1.93 bits per heavy atom. The van der Waals surface area contributed by atoms with Crippen LogP contribution in [0.1, 0.15) is 22.7 Å². The Hall–Kier alpha value is -2.60. The number of carbonyl (C=O) groups excluding carboxylic acids is 1. The highest BCUT2D eigenvalue weighted by atomic mass is 32.1. The van der Waals surface area contributed by atoms with Crippen molar-refractivity contribution in [3.63, 3.8) is 0 Å². The average molecular weight is 455 g/mol. The third-order valence-electron chi connectivity index (χ3n) is 4.57. The van der Waals surface area contributed by atoms with Gasteiger partial charge in [-0.3, -0.25) is 4.79 Å². The number of aryl methyl sites for hydroxylation is 2. The molecule has 30 heavy (non-hydrogen) atoms. The van der Waals surface area contributed by atoms with Gasteiger partial charge in [0.25, 0.3) is 0 Å². The van der Waals surface area contributed by atoms with Gasteiger partial charge in [0.05, 0.1) is 26.8 Å².